The molecule has 0 spiro atoms. The van der Waals surface area contributed by atoms with Crippen LogP contribution in [0.25, 0.3) is 10.9 Å². The summed E-state index contributed by atoms with van der Waals surface area (Å²) in [6.07, 6.45) is 5.64. The van der Waals surface area contributed by atoms with Crippen molar-refractivity contribution < 1.29 is 9.53 Å². The van der Waals surface area contributed by atoms with Gasteiger partial charge >= 0.3 is 5.97 Å². The Labute approximate surface area is 131 Å². The minimum atomic E-state index is -0.286. The highest BCUT2D eigenvalue weighted by Crippen LogP contribution is 2.32. The van der Waals surface area contributed by atoms with Crippen LogP contribution in [-0.4, -0.2) is 35.1 Å². The molecule has 1 fully saturated rings. The molecule has 1 aliphatic heterocycles. The van der Waals surface area contributed by atoms with Crippen molar-refractivity contribution in [1.82, 2.24) is 9.47 Å². The van der Waals surface area contributed by atoms with Crippen LogP contribution in [0.3, 0.4) is 0 Å². The van der Waals surface area contributed by atoms with Crippen molar-refractivity contribution in [3.63, 3.8) is 0 Å². The number of benzene rings is 1. The van der Waals surface area contributed by atoms with E-state index in [0.717, 1.165) is 42.4 Å². The zero-order valence-corrected chi connectivity index (χ0v) is 13.4. The van der Waals surface area contributed by atoms with Gasteiger partial charge in [-0.3, -0.25) is 4.90 Å². The third kappa shape index (κ3) is 2.75. The molecule has 0 radical (unpaired) electrons. The smallest absolute Gasteiger partial charge is 0.328 e. The lowest BCUT2D eigenvalue weighted by molar-refractivity contribution is -0.150. The van der Waals surface area contributed by atoms with E-state index in [-0.39, 0.29) is 12.0 Å². The Hall–Kier alpha value is -1.81. The Kier molecular flexibility index (Phi) is 4.48. The SMILES string of the molecule is CCOC(=O)C(c1cn(C)c2ccccc12)N1CCCCC1. The van der Waals surface area contributed by atoms with Crippen LogP contribution < -0.4 is 0 Å². The van der Waals surface area contributed by atoms with E-state index in [0.29, 0.717) is 6.61 Å². The van der Waals surface area contributed by atoms with Crippen LogP contribution in [0, 0.1) is 0 Å². The number of ether oxygens (including phenoxy) is 1. The second kappa shape index (κ2) is 6.53. The lowest BCUT2D eigenvalue weighted by Gasteiger charge is -2.32. The van der Waals surface area contributed by atoms with Gasteiger partial charge in [-0.05, 0) is 38.9 Å². The minimum Gasteiger partial charge on any atom is -0.465 e. The average Bonchev–Trinajstić information content (AvgIpc) is 2.86. The van der Waals surface area contributed by atoms with Crippen LogP contribution in [0.4, 0.5) is 0 Å². The summed E-state index contributed by atoms with van der Waals surface area (Å²) < 4.78 is 7.48. The molecule has 1 aromatic heterocycles. The molecule has 2 aromatic rings. The highest BCUT2D eigenvalue weighted by molar-refractivity contribution is 5.90. The number of fused-ring (bicyclic) bond motifs is 1. The number of para-hydroxylation sites is 1. The molecule has 0 bridgehead atoms. The summed E-state index contributed by atoms with van der Waals surface area (Å²) in [6.45, 7) is 4.22. The molecule has 1 atom stereocenters. The summed E-state index contributed by atoms with van der Waals surface area (Å²) in [5.41, 5.74) is 2.22. The Balaban J connectivity index is 2.04. The largest absolute Gasteiger partial charge is 0.465 e. The Morgan fingerprint density at radius 1 is 1.23 bits per heavy atom. The molecule has 1 aromatic carbocycles. The maximum atomic E-state index is 12.6. The monoisotopic (exact) mass is 300 g/mol. The van der Waals surface area contributed by atoms with Gasteiger partial charge in [0.05, 0.1) is 6.61 Å². The summed E-state index contributed by atoms with van der Waals surface area (Å²) in [6, 6.07) is 7.97. The number of likely N-dealkylation sites (tertiary alicyclic amines) is 1. The van der Waals surface area contributed by atoms with E-state index >= 15 is 0 Å². The highest BCUT2D eigenvalue weighted by Gasteiger charge is 2.32. The maximum Gasteiger partial charge on any atom is 0.328 e. The third-order valence-electron chi connectivity index (χ3n) is 4.49. The number of nitrogens with zero attached hydrogens (tertiary/aromatic N) is 2. The lowest BCUT2D eigenvalue weighted by atomic mass is 10.0. The number of esters is 1. The molecule has 3 rings (SSSR count). The Bertz CT molecular complexity index is 656. The van der Waals surface area contributed by atoms with E-state index in [2.05, 4.69) is 27.8 Å². The van der Waals surface area contributed by atoms with Gasteiger partial charge in [-0.25, -0.2) is 4.79 Å². The van der Waals surface area contributed by atoms with Crippen LogP contribution in [0.15, 0.2) is 30.5 Å². The summed E-state index contributed by atoms with van der Waals surface area (Å²) in [5.74, 6) is -0.124. The summed E-state index contributed by atoms with van der Waals surface area (Å²) in [4.78, 5) is 14.9. The molecule has 4 nitrogen and oxygen atoms in total. The number of hydrogen-bond acceptors (Lipinski definition) is 3. The van der Waals surface area contributed by atoms with E-state index in [4.69, 9.17) is 4.74 Å². The highest BCUT2D eigenvalue weighted by atomic mass is 16.5. The van der Waals surface area contributed by atoms with Crippen molar-refractivity contribution >= 4 is 16.9 Å². The fourth-order valence-electron chi connectivity index (χ4n) is 3.46. The molecule has 0 amide bonds. The fraction of sp³-hybridized carbons (Fsp3) is 0.500. The molecule has 4 heteroatoms. The van der Waals surface area contributed by atoms with Crippen molar-refractivity contribution in [3.8, 4) is 0 Å². The first-order valence-electron chi connectivity index (χ1n) is 8.17. The molecule has 2 heterocycles. The van der Waals surface area contributed by atoms with Gasteiger partial charge in [-0.2, -0.15) is 0 Å². The quantitative estimate of drug-likeness (QED) is 0.813. The van der Waals surface area contributed by atoms with Crippen LogP contribution >= 0.6 is 0 Å². The molecule has 22 heavy (non-hydrogen) atoms. The van der Waals surface area contributed by atoms with Gasteiger partial charge in [0, 0.05) is 29.7 Å². The van der Waals surface area contributed by atoms with E-state index in [1.807, 2.05) is 26.1 Å². The van der Waals surface area contributed by atoms with Crippen molar-refractivity contribution in [2.45, 2.75) is 32.2 Å². The van der Waals surface area contributed by atoms with Crippen LogP contribution in [0.2, 0.25) is 0 Å². The van der Waals surface area contributed by atoms with Crippen molar-refractivity contribution in [3.05, 3.63) is 36.0 Å². The summed E-state index contributed by atoms with van der Waals surface area (Å²) in [5, 5.41) is 1.15. The second-order valence-corrected chi connectivity index (χ2v) is 5.96. The zero-order chi connectivity index (χ0) is 15.5. The molecule has 0 N–H and O–H groups in total. The van der Waals surface area contributed by atoms with Crippen molar-refractivity contribution in [1.29, 1.82) is 0 Å². The fourth-order valence-corrected chi connectivity index (χ4v) is 3.46. The van der Waals surface area contributed by atoms with E-state index < -0.39 is 0 Å². The number of carbonyl (C=O) groups excluding carboxylic acids is 1. The molecule has 118 valence electrons. The average molecular weight is 300 g/mol. The lowest BCUT2D eigenvalue weighted by Crippen LogP contribution is -2.38. The topological polar surface area (TPSA) is 34.5 Å². The standard InChI is InChI=1S/C18H24N2O2/c1-3-22-18(21)17(20-11-7-4-8-12-20)15-13-19(2)16-10-6-5-9-14(15)16/h5-6,9-10,13,17H,3-4,7-8,11-12H2,1-2H3. The van der Waals surface area contributed by atoms with Crippen molar-refractivity contribution in [2.75, 3.05) is 19.7 Å². The first kappa shape index (κ1) is 15.1. The molecule has 1 unspecified atom stereocenters. The number of carbonyl (C=O) groups is 1. The zero-order valence-electron chi connectivity index (χ0n) is 13.4. The molecule has 1 aliphatic rings. The second-order valence-electron chi connectivity index (χ2n) is 5.96. The molecule has 0 saturated carbocycles. The first-order valence-corrected chi connectivity index (χ1v) is 8.17. The number of aromatic nitrogens is 1. The number of piperidine rings is 1. The van der Waals surface area contributed by atoms with Gasteiger partial charge in [-0.15, -0.1) is 0 Å². The van der Waals surface area contributed by atoms with Crippen LogP contribution in [0.1, 0.15) is 37.8 Å². The van der Waals surface area contributed by atoms with E-state index in [9.17, 15) is 4.79 Å². The van der Waals surface area contributed by atoms with E-state index in [1.54, 1.807) is 0 Å². The number of aryl methyl sites for hydroxylation is 1. The van der Waals surface area contributed by atoms with Crippen LogP contribution in [0.5, 0.6) is 0 Å². The predicted molar refractivity (Wildman–Crippen MR) is 87.7 cm³/mol. The molecule has 1 saturated heterocycles. The van der Waals surface area contributed by atoms with Gasteiger partial charge in [0.1, 0.15) is 6.04 Å². The Morgan fingerprint density at radius 2 is 1.95 bits per heavy atom. The van der Waals surface area contributed by atoms with Crippen LogP contribution in [-0.2, 0) is 16.6 Å². The third-order valence-corrected chi connectivity index (χ3v) is 4.49. The number of rotatable bonds is 4. The molecular formula is C18H24N2O2. The van der Waals surface area contributed by atoms with Gasteiger partial charge in [0.2, 0.25) is 0 Å². The predicted octanol–water partition coefficient (Wildman–Crippen LogP) is 3.27. The molecule has 0 aliphatic carbocycles. The first-order chi connectivity index (χ1) is 10.7. The van der Waals surface area contributed by atoms with Crippen molar-refractivity contribution in [2.24, 2.45) is 7.05 Å². The maximum absolute atomic E-state index is 12.6. The normalized spacial score (nSPS) is 17.5. The van der Waals surface area contributed by atoms with Gasteiger partial charge in [-0.1, -0.05) is 24.6 Å². The molecular weight excluding hydrogens is 276 g/mol. The van der Waals surface area contributed by atoms with E-state index in [1.165, 1.54) is 6.42 Å². The summed E-state index contributed by atoms with van der Waals surface area (Å²) in [7, 11) is 2.03. The minimum absolute atomic E-state index is 0.124. The number of hydrogen-bond donors (Lipinski definition) is 0. The Morgan fingerprint density at radius 3 is 2.68 bits per heavy atom. The van der Waals surface area contributed by atoms with Gasteiger partial charge in [0.15, 0.2) is 0 Å². The van der Waals surface area contributed by atoms with Gasteiger partial charge < -0.3 is 9.30 Å². The van der Waals surface area contributed by atoms with Gasteiger partial charge in [0.25, 0.3) is 0 Å². The summed E-state index contributed by atoms with van der Waals surface area (Å²) >= 11 is 0.